The number of ether oxygens (including phenoxy) is 10. The van der Waals surface area contributed by atoms with E-state index < -0.39 is 84.6 Å². The molecule has 5 aliphatic rings. The molecule has 5 aliphatic heterocycles. The van der Waals surface area contributed by atoms with Gasteiger partial charge in [0.1, 0.15) is 62.6 Å². The summed E-state index contributed by atoms with van der Waals surface area (Å²) in [7, 11) is 19.1. The van der Waals surface area contributed by atoms with Gasteiger partial charge in [-0.1, -0.05) is 13.2 Å². The molecule has 0 spiro atoms. The summed E-state index contributed by atoms with van der Waals surface area (Å²) in [6, 6.07) is 17.1. The van der Waals surface area contributed by atoms with Crippen LogP contribution in [0.2, 0.25) is 0 Å². The number of amides is 6. The summed E-state index contributed by atoms with van der Waals surface area (Å²) in [5, 5.41) is 51.6. The molecule has 44 nitrogen and oxygen atoms in total. The highest BCUT2D eigenvalue weighted by atomic mass is 19.1. The number of hydrogen-bond donors (Lipinski definition) is 10. The number of methoxy groups -OCH3 is 6. The molecule has 13 N–H and O–H groups in total. The summed E-state index contributed by atoms with van der Waals surface area (Å²) in [6.45, 7) is 46.7. The number of carbonyl (C=O) groups is 6. The third-order valence-electron chi connectivity index (χ3n) is 20.6. The Kier molecular flexibility index (Phi) is 44.6. The number of anilines is 13. The van der Waals surface area contributed by atoms with Crippen LogP contribution in [0.1, 0.15) is 83.1 Å². The first-order valence-corrected chi connectivity index (χ1v) is 44.4. The first-order valence-electron chi connectivity index (χ1n) is 44.4. The molecule has 6 aromatic rings. The van der Waals surface area contributed by atoms with Gasteiger partial charge in [0.25, 0.3) is 5.69 Å². The number of rotatable bonds is 21. The minimum atomic E-state index is -1.05. The molecule has 6 aromatic carbocycles. The lowest BCUT2D eigenvalue weighted by Gasteiger charge is -2.35. The van der Waals surface area contributed by atoms with Crippen LogP contribution in [-0.4, -0.2) is 307 Å². The number of hydrogen-bond acceptors (Lipinski definition) is 35. The van der Waals surface area contributed by atoms with Crippen LogP contribution in [0.15, 0.2) is 98.1 Å². The van der Waals surface area contributed by atoms with Crippen LogP contribution < -0.4 is 102 Å². The zero-order valence-electron chi connectivity index (χ0n) is 84.0. The second-order valence-electron chi connectivity index (χ2n) is 36.3. The summed E-state index contributed by atoms with van der Waals surface area (Å²) >= 11 is 0. The highest BCUT2D eigenvalue weighted by molar-refractivity contribution is 6.04. The third-order valence-corrected chi connectivity index (χ3v) is 20.6. The van der Waals surface area contributed by atoms with Crippen molar-refractivity contribution in [3.8, 4) is 34.5 Å². The van der Waals surface area contributed by atoms with E-state index in [2.05, 4.69) is 123 Å². The number of nitrogen functional groups attached to an aromatic ring is 3. The van der Waals surface area contributed by atoms with E-state index in [4.69, 9.17) is 59.8 Å². The predicted octanol–water partition coefficient (Wildman–Crippen LogP) is 13.1. The van der Waals surface area contributed by atoms with E-state index in [-0.39, 0.29) is 46.1 Å². The fourth-order valence-electron chi connectivity index (χ4n) is 13.5. The fourth-order valence-corrected chi connectivity index (χ4v) is 13.5. The quantitative estimate of drug-likeness (QED) is 0.0105. The maximum absolute atomic E-state index is 13.4. The Labute approximate surface area is 810 Å². The van der Waals surface area contributed by atoms with E-state index in [0.717, 1.165) is 146 Å². The van der Waals surface area contributed by atoms with Gasteiger partial charge in [-0.05, 0) is 149 Å². The standard InChI is InChI=1S/C20H30N4O4.C17H26N4O5.C17H28N4O3.C15H22N4O2.C12H15FN2O5.C7H7FN2O3.C5H12N2/c1-7-18(25)21-14-12-15(22-19(26)28-20(2,3)4)17(27-6)13-16(14)24-10-8-23(5)9-11-24;1-17(2,3)26-16(22)18-12-10-14(21(23)24)13(11-15(12)25-5)20-8-6-19(4)7-9-20;1-17(2,3)24-16(22)19-13-10-12(18)14(11-15(13)23-5)21-8-6-20(4)7-9-21;1-4-15(20)17-12-9-11(16)14(21-3)10-13(12)19-7-5-18(2)6-8-19;1-12(2,3)20-11(16)14-8-6-9(15(17)18)7(13)5-10(8)19-4;1-13-7-2-4(8)6(10(11)12)3-5(7)9;1-7-4-2-6-3-5-7/h7,12-13H,1,8-11H2,2-6H3,(H,21,25)(H,22,26);10-11H,6-9H2,1-5H3,(H,18,22);10-11H,6-9,18H2,1-5H3,(H,19,22);4,9-10H,1,5-8,16H2,2-3H3,(H,17,20);5-6H,1-4H3,(H,14,16);2-3H,9H2,1H3;6H,2-5H2,1H3. The summed E-state index contributed by atoms with van der Waals surface area (Å²) in [6.07, 6.45) is -0.200. The Morgan fingerprint density at radius 3 is 0.892 bits per heavy atom. The first-order chi connectivity index (χ1) is 65.1. The Morgan fingerprint density at radius 1 is 0.331 bits per heavy atom. The number of halogens is 2. The van der Waals surface area contributed by atoms with Crippen LogP contribution in [-0.2, 0) is 28.5 Å². The maximum atomic E-state index is 13.4. The van der Waals surface area contributed by atoms with Crippen molar-refractivity contribution in [1.29, 1.82) is 0 Å². The van der Waals surface area contributed by atoms with Crippen molar-refractivity contribution < 1.29 is 99.7 Å². The molecule has 0 aliphatic carbocycles. The third kappa shape index (κ3) is 38.9. The molecular formula is C93H140F2N22O22. The van der Waals surface area contributed by atoms with Crippen molar-refractivity contribution in [3.05, 3.63) is 140 Å². The normalized spacial score (nSPS) is 14.8. The molecule has 139 heavy (non-hydrogen) atoms. The second kappa shape index (κ2) is 53.7. The molecule has 0 radical (unpaired) electrons. The SMILES string of the molecule is C=CC(=O)Nc1cc(N)c(OC)cc1N1CCN(C)CC1.C=CC(=O)Nc1cc(NC(=O)OC(C)(C)C)c(OC)cc1N1CCN(C)CC1.CN1CCNCC1.COc1cc(F)c([N+](=O)[O-])cc1N.COc1cc(F)c([N+](=O)[O-])cc1NC(=O)OC(C)(C)C.COc1cc(N2CCN(C)CC2)c(N)cc1NC(=O)OC(C)(C)C.COc1cc(N2CCN(C)CC2)c([N+](=O)[O-])cc1NC(=O)OC(C)(C)C. The number of nitrogens with two attached hydrogens (primary N) is 3. The maximum Gasteiger partial charge on any atom is 0.412 e. The van der Waals surface area contributed by atoms with Gasteiger partial charge in [-0.3, -0.25) is 61.2 Å². The van der Waals surface area contributed by atoms with Crippen molar-refractivity contribution in [2.45, 2.75) is 105 Å². The zero-order chi connectivity index (χ0) is 104. The van der Waals surface area contributed by atoms with E-state index in [1.54, 1.807) is 101 Å². The molecule has 5 saturated heterocycles. The van der Waals surface area contributed by atoms with E-state index in [9.17, 15) is 67.9 Å². The molecule has 6 amide bonds. The Morgan fingerprint density at radius 2 is 0.576 bits per heavy atom. The van der Waals surface area contributed by atoms with Gasteiger partial charge in [0.05, 0.1) is 126 Å². The number of likely N-dealkylation sites (N-methyl/N-ethyl adjacent to an activating group) is 5. The van der Waals surface area contributed by atoms with Crippen LogP contribution in [0.4, 0.5) is 119 Å². The Hall–Kier alpha value is -14.0. The van der Waals surface area contributed by atoms with E-state index >= 15 is 0 Å². The molecule has 0 saturated carbocycles. The van der Waals surface area contributed by atoms with Gasteiger partial charge in [-0.15, -0.1) is 0 Å². The molecular weight excluding hydrogens is 1820 g/mol. The number of carbonyl (C=O) groups excluding carboxylic acids is 6. The van der Waals surface area contributed by atoms with Gasteiger partial charge in [-0.2, -0.15) is 8.78 Å². The van der Waals surface area contributed by atoms with Crippen LogP contribution in [0, 0.1) is 42.0 Å². The number of nitrogens with zero attached hydrogens (tertiary/aromatic N) is 12. The molecule has 768 valence electrons. The first kappa shape index (κ1) is 116. The summed E-state index contributed by atoms with van der Waals surface area (Å²) in [5.74, 6) is -0.560. The lowest BCUT2D eigenvalue weighted by molar-refractivity contribution is -0.387. The number of benzene rings is 6. The van der Waals surface area contributed by atoms with E-state index in [1.165, 1.54) is 59.7 Å². The number of nitrogens with one attached hydrogen (secondary N) is 7. The van der Waals surface area contributed by atoms with Crippen LogP contribution in [0.25, 0.3) is 0 Å². The number of nitro benzene ring substituents is 3. The van der Waals surface area contributed by atoms with Crippen molar-refractivity contribution in [1.82, 2.24) is 29.8 Å². The monoisotopic (exact) mass is 1960 g/mol. The van der Waals surface area contributed by atoms with Crippen molar-refractivity contribution in [3.63, 3.8) is 0 Å². The minimum Gasteiger partial charge on any atom is -0.495 e. The molecule has 11 rings (SSSR count). The van der Waals surface area contributed by atoms with Gasteiger partial charge in [0, 0.05) is 185 Å². The zero-order valence-corrected chi connectivity index (χ0v) is 84.0. The lowest BCUT2D eigenvalue weighted by atomic mass is 10.1. The topological polar surface area (TPSA) is 516 Å². The van der Waals surface area contributed by atoms with Crippen molar-refractivity contribution >= 4 is 127 Å². The largest absolute Gasteiger partial charge is 0.495 e. The molecule has 0 bridgehead atoms. The number of nitro groups is 3. The van der Waals surface area contributed by atoms with E-state index in [1.807, 2.05) is 50.9 Å². The van der Waals surface area contributed by atoms with Crippen LogP contribution >= 0.6 is 0 Å². The summed E-state index contributed by atoms with van der Waals surface area (Å²) in [5.41, 5.74) is 20.0. The molecule has 5 heterocycles. The van der Waals surface area contributed by atoms with Crippen molar-refractivity contribution in [2.75, 3.05) is 277 Å². The molecule has 0 atom stereocenters. The number of piperazine rings is 5. The minimum absolute atomic E-state index is 0.0376. The van der Waals surface area contributed by atoms with Crippen molar-refractivity contribution in [2.24, 2.45) is 0 Å². The molecule has 0 aromatic heterocycles. The van der Waals surface area contributed by atoms with E-state index in [0.29, 0.717) is 75.9 Å². The van der Waals surface area contributed by atoms with Crippen LogP contribution in [0.5, 0.6) is 34.5 Å². The summed E-state index contributed by atoms with van der Waals surface area (Å²) < 4.78 is 78.2. The summed E-state index contributed by atoms with van der Waals surface area (Å²) in [4.78, 5) is 122. The highest BCUT2D eigenvalue weighted by Gasteiger charge is 2.32. The van der Waals surface area contributed by atoms with Gasteiger partial charge < -0.3 is 125 Å². The molecule has 46 heteroatoms. The molecule has 5 fully saturated rings. The highest BCUT2D eigenvalue weighted by Crippen LogP contribution is 2.43. The fraction of sp³-hybridized carbons (Fsp3) is 0.505. The second-order valence-corrected chi connectivity index (χ2v) is 36.3. The van der Waals surface area contributed by atoms with Gasteiger partial charge in [0.15, 0.2) is 0 Å². The molecule has 0 unspecified atom stereocenters. The smallest absolute Gasteiger partial charge is 0.412 e. The lowest BCUT2D eigenvalue weighted by Crippen LogP contribution is -2.44. The average Bonchev–Trinajstić information content (AvgIpc) is 0.793. The van der Waals surface area contributed by atoms with Gasteiger partial charge in [-0.25, -0.2) is 19.2 Å². The predicted molar refractivity (Wildman–Crippen MR) is 537 cm³/mol. The van der Waals surface area contributed by atoms with Gasteiger partial charge in [0.2, 0.25) is 23.4 Å². The van der Waals surface area contributed by atoms with Gasteiger partial charge >= 0.3 is 35.7 Å². The Balaban J connectivity index is 0.000000293. The van der Waals surface area contributed by atoms with Crippen LogP contribution in [0.3, 0.4) is 0 Å². The average molecular weight is 1960 g/mol. The Bertz CT molecular complexity index is 5170.